The summed E-state index contributed by atoms with van der Waals surface area (Å²) in [6.45, 7) is 2.10. The number of hydrogen-bond acceptors (Lipinski definition) is 3. The lowest BCUT2D eigenvalue weighted by Crippen LogP contribution is -2.27. The average molecular weight is 370 g/mol. The summed E-state index contributed by atoms with van der Waals surface area (Å²) in [7, 11) is 0. The molecule has 0 atom stereocenters. The predicted octanol–water partition coefficient (Wildman–Crippen LogP) is 5.52. The van der Waals surface area contributed by atoms with Gasteiger partial charge in [-0.25, -0.2) is 0 Å². The van der Waals surface area contributed by atoms with E-state index in [9.17, 15) is 9.59 Å². The summed E-state index contributed by atoms with van der Waals surface area (Å²) in [6, 6.07) is 17.1. The molecule has 0 aliphatic carbocycles. The maximum Gasteiger partial charge on any atom is 0.293 e. The van der Waals surface area contributed by atoms with Crippen molar-refractivity contribution in [2.75, 3.05) is 0 Å². The van der Waals surface area contributed by atoms with Crippen LogP contribution in [0.4, 0.5) is 4.79 Å². The van der Waals surface area contributed by atoms with Gasteiger partial charge in [-0.05, 0) is 47.5 Å². The van der Waals surface area contributed by atoms with E-state index in [0.29, 0.717) is 9.93 Å². The molecule has 5 heteroatoms. The van der Waals surface area contributed by atoms with Crippen molar-refractivity contribution in [1.82, 2.24) is 4.90 Å². The Morgan fingerprint density at radius 2 is 1.76 bits per heavy atom. The number of imide groups is 1. The smallest absolute Gasteiger partial charge is 0.268 e. The van der Waals surface area contributed by atoms with E-state index in [1.54, 1.807) is 12.1 Å². The fraction of sp³-hybridized carbons (Fsp3) is 0.100. The van der Waals surface area contributed by atoms with Crippen LogP contribution in [0.3, 0.4) is 0 Å². The monoisotopic (exact) mass is 369 g/mol. The molecule has 1 saturated heterocycles. The van der Waals surface area contributed by atoms with Crippen LogP contribution in [0.5, 0.6) is 0 Å². The first kappa shape index (κ1) is 17.5. The summed E-state index contributed by atoms with van der Waals surface area (Å²) in [4.78, 5) is 26.4. The van der Waals surface area contributed by atoms with Crippen LogP contribution < -0.4 is 0 Å². The Bertz CT molecular complexity index is 874. The van der Waals surface area contributed by atoms with Crippen molar-refractivity contribution in [3.05, 3.63) is 87.3 Å². The lowest BCUT2D eigenvalue weighted by atomic mass is 10.1. The SMILES string of the molecule is CC(=C\c1ccccc1)/C=C1/SC(=O)N(Cc2ccccc2Cl)C1=O. The summed E-state index contributed by atoms with van der Waals surface area (Å²) < 4.78 is 0. The van der Waals surface area contributed by atoms with Crippen molar-refractivity contribution < 1.29 is 9.59 Å². The van der Waals surface area contributed by atoms with Crippen LogP contribution >= 0.6 is 23.4 Å². The topological polar surface area (TPSA) is 37.4 Å². The fourth-order valence-electron chi connectivity index (χ4n) is 2.49. The molecule has 1 aliphatic rings. The van der Waals surface area contributed by atoms with Crippen LogP contribution in [0.2, 0.25) is 5.02 Å². The van der Waals surface area contributed by atoms with Gasteiger partial charge < -0.3 is 0 Å². The molecule has 1 fully saturated rings. The number of hydrogen-bond donors (Lipinski definition) is 0. The first-order valence-electron chi connectivity index (χ1n) is 7.77. The van der Waals surface area contributed by atoms with Gasteiger partial charge in [0.1, 0.15) is 0 Å². The highest BCUT2D eigenvalue weighted by Gasteiger charge is 2.35. The summed E-state index contributed by atoms with van der Waals surface area (Å²) in [5.41, 5.74) is 2.71. The zero-order valence-electron chi connectivity index (χ0n) is 13.6. The van der Waals surface area contributed by atoms with Gasteiger partial charge in [0.2, 0.25) is 0 Å². The van der Waals surface area contributed by atoms with Gasteiger partial charge in [0.15, 0.2) is 0 Å². The first-order valence-corrected chi connectivity index (χ1v) is 8.96. The van der Waals surface area contributed by atoms with E-state index in [4.69, 9.17) is 11.6 Å². The van der Waals surface area contributed by atoms with Crippen molar-refractivity contribution in [1.29, 1.82) is 0 Å². The number of benzene rings is 2. The molecular formula is C20H16ClNO2S. The van der Waals surface area contributed by atoms with Crippen LogP contribution in [0.1, 0.15) is 18.1 Å². The second kappa shape index (κ2) is 7.72. The molecule has 0 spiro atoms. The van der Waals surface area contributed by atoms with Gasteiger partial charge >= 0.3 is 0 Å². The van der Waals surface area contributed by atoms with Crippen molar-refractivity contribution in [3.8, 4) is 0 Å². The van der Waals surface area contributed by atoms with E-state index in [2.05, 4.69) is 0 Å². The van der Waals surface area contributed by atoms with E-state index >= 15 is 0 Å². The molecule has 3 rings (SSSR count). The third-order valence-corrected chi connectivity index (χ3v) is 4.99. The number of halogens is 1. The highest BCUT2D eigenvalue weighted by molar-refractivity contribution is 8.18. The molecule has 0 aromatic heterocycles. The Labute approximate surface area is 156 Å². The van der Waals surface area contributed by atoms with Crippen molar-refractivity contribution in [2.24, 2.45) is 0 Å². The number of allylic oxidation sites excluding steroid dienone is 2. The van der Waals surface area contributed by atoms with Gasteiger partial charge in [-0.2, -0.15) is 0 Å². The maximum absolute atomic E-state index is 12.6. The van der Waals surface area contributed by atoms with Crippen molar-refractivity contribution in [2.45, 2.75) is 13.5 Å². The molecule has 0 radical (unpaired) electrons. The first-order chi connectivity index (χ1) is 12.0. The molecule has 126 valence electrons. The van der Waals surface area contributed by atoms with Crippen LogP contribution in [0, 0.1) is 0 Å². The van der Waals surface area contributed by atoms with Gasteiger partial charge in [-0.1, -0.05) is 66.2 Å². The zero-order valence-corrected chi connectivity index (χ0v) is 15.2. The number of nitrogens with zero attached hydrogens (tertiary/aromatic N) is 1. The van der Waals surface area contributed by atoms with Gasteiger partial charge in [-0.3, -0.25) is 14.5 Å². The maximum atomic E-state index is 12.6. The third kappa shape index (κ3) is 4.21. The molecule has 0 saturated carbocycles. The minimum Gasteiger partial charge on any atom is -0.268 e. The minimum absolute atomic E-state index is 0.184. The molecule has 25 heavy (non-hydrogen) atoms. The average Bonchev–Trinajstić information content (AvgIpc) is 2.85. The highest BCUT2D eigenvalue weighted by atomic mass is 35.5. The van der Waals surface area contributed by atoms with Crippen LogP contribution in [0.15, 0.2) is 71.2 Å². The Kier molecular flexibility index (Phi) is 5.41. The molecule has 1 heterocycles. The number of carbonyl (C=O) groups is 2. The molecule has 0 bridgehead atoms. The van der Waals surface area contributed by atoms with Crippen molar-refractivity contribution in [3.63, 3.8) is 0 Å². The number of amides is 2. The van der Waals surface area contributed by atoms with Gasteiger partial charge in [0, 0.05) is 5.02 Å². The minimum atomic E-state index is -0.282. The van der Waals surface area contributed by atoms with Crippen molar-refractivity contribution >= 4 is 40.6 Å². The standard InChI is InChI=1S/C20H16ClNO2S/c1-14(11-15-7-3-2-4-8-15)12-18-19(23)22(20(24)25-18)13-16-9-5-6-10-17(16)21/h2-12H,13H2,1H3/b14-11+,18-12+. The Morgan fingerprint density at radius 3 is 2.48 bits per heavy atom. The quantitative estimate of drug-likeness (QED) is 0.665. The van der Waals surface area contributed by atoms with Crippen LogP contribution in [-0.4, -0.2) is 16.0 Å². The summed E-state index contributed by atoms with van der Waals surface area (Å²) in [6.07, 6.45) is 3.73. The normalized spacial score (nSPS) is 16.8. The predicted molar refractivity (Wildman–Crippen MR) is 103 cm³/mol. The largest absolute Gasteiger partial charge is 0.293 e. The van der Waals surface area contributed by atoms with Crippen LogP contribution in [0.25, 0.3) is 6.08 Å². The van der Waals surface area contributed by atoms with E-state index in [1.165, 1.54) is 4.90 Å². The number of rotatable bonds is 4. The Morgan fingerprint density at radius 1 is 1.08 bits per heavy atom. The second-order valence-corrected chi connectivity index (χ2v) is 7.06. The Balaban J connectivity index is 1.79. The van der Waals surface area contributed by atoms with Gasteiger partial charge in [0.05, 0.1) is 11.4 Å². The van der Waals surface area contributed by atoms with Gasteiger partial charge in [0.25, 0.3) is 11.1 Å². The molecule has 3 nitrogen and oxygen atoms in total. The van der Waals surface area contributed by atoms with Gasteiger partial charge in [-0.15, -0.1) is 0 Å². The highest BCUT2D eigenvalue weighted by Crippen LogP contribution is 2.33. The number of thioether (sulfide) groups is 1. The lowest BCUT2D eigenvalue weighted by molar-refractivity contribution is -0.123. The molecule has 2 amide bonds. The fourth-order valence-corrected chi connectivity index (χ4v) is 3.58. The van der Waals surface area contributed by atoms with E-state index in [-0.39, 0.29) is 17.7 Å². The summed E-state index contributed by atoms with van der Waals surface area (Å²) >= 11 is 7.09. The number of carbonyl (C=O) groups excluding carboxylic acids is 2. The Hall–Kier alpha value is -2.30. The molecule has 0 unspecified atom stereocenters. The molecule has 2 aromatic carbocycles. The third-order valence-electron chi connectivity index (χ3n) is 3.71. The van der Waals surface area contributed by atoms with E-state index < -0.39 is 0 Å². The van der Waals surface area contributed by atoms with E-state index in [0.717, 1.165) is 28.5 Å². The summed E-state index contributed by atoms with van der Waals surface area (Å²) in [5, 5.41) is 0.273. The molecule has 1 aliphatic heterocycles. The lowest BCUT2D eigenvalue weighted by Gasteiger charge is -2.13. The summed E-state index contributed by atoms with van der Waals surface area (Å²) in [5.74, 6) is -0.282. The molecule has 2 aromatic rings. The zero-order chi connectivity index (χ0) is 17.8. The van der Waals surface area contributed by atoms with Crippen LogP contribution in [-0.2, 0) is 11.3 Å². The van der Waals surface area contributed by atoms with E-state index in [1.807, 2.05) is 61.5 Å². The molecule has 0 N–H and O–H groups in total. The second-order valence-electron chi connectivity index (χ2n) is 5.66. The molecular weight excluding hydrogens is 354 g/mol.